The molecule has 0 radical (unpaired) electrons. The van der Waals surface area contributed by atoms with E-state index in [4.69, 9.17) is 14.2 Å². The van der Waals surface area contributed by atoms with Crippen molar-refractivity contribution in [1.82, 2.24) is 0 Å². The monoisotopic (exact) mass is 328 g/mol. The van der Waals surface area contributed by atoms with Crippen LogP contribution in [-0.4, -0.2) is 43.4 Å². The SMILES string of the molecule is C=C(C)C(=O)OCCOCCOCCI. The molecule has 0 aromatic heterocycles. The Morgan fingerprint density at radius 2 is 1.67 bits per heavy atom. The molecule has 0 saturated carbocycles. The molecule has 4 nitrogen and oxygen atoms in total. The van der Waals surface area contributed by atoms with Crippen LogP contribution in [0.5, 0.6) is 0 Å². The smallest absolute Gasteiger partial charge is 0.333 e. The van der Waals surface area contributed by atoms with E-state index in [0.717, 1.165) is 11.0 Å². The molecule has 0 amide bonds. The van der Waals surface area contributed by atoms with E-state index >= 15 is 0 Å². The molecule has 0 fully saturated rings. The maximum Gasteiger partial charge on any atom is 0.333 e. The van der Waals surface area contributed by atoms with Gasteiger partial charge in [-0.05, 0) is 6.92 Å². The molecule has 0 bridgehead atoms. The highest BCUT2D eigenvalue weighted by molar-refractivity contribution is 14.1. The number of halogens is 1. The lowest BCUT2D eigenvalue weighted by Gasteiger charge is -2.05. The molecule has 5 heteroatoms. The number of carbonyl (C=O) groups excluding carboxylic acids is 1. The first-order chi connectivity index (χ1) is 7.18. The molecule has 0 atom stereocenters. The highest BCUT2D eigenvalue weighted by Gasteiger charge is 2.01. The fraction of sp³-hybridized carbons (Fsp3) is 0.700. The number of esters is 1. The first kappa shape index (κ1) is 14.9. The van der Waals surface area contributed by atoms with Crippen molar-refractivity contribution in [2.24, 2.45) is 0 Å². The summed E-state index contributed by atoms with van der Waals surface area (Å²) in [7, 11) is 0. The molecule has 0 aromatic rings. The number of alkyl halides is 1. The fourth-order valence-electron chi connectivity index (χ4n) is 0.693. The average molecular weight is 328 g/mol. The number of ether oxygens (including phenoxy) is 3. The number of hydrogen-bond acceptors (Lipinski definition) is 4. The van der Waals surface area contributed by atoms with Crippen molar-refractivity contribution >= 4 is 28.6 Å². The van der Waals surface area contributed by atoms with Gasteiger partial charge in [-0.25, -0.2) is 4.79 Å². The normalized spacial score (nSPS) is 10.0. The van der Waals surface area contributed by atoms with Gasteiger partial charge in [0.1, 0.15) is 6.61 Å². The maximum atomic E-state index is 10.9. The van der Waals surface area contributed by atoms with E-state index in [-0.39, 0.29) is 12.6 Å². The van der Waals surface area contributed by atoms with Crippen molar-refractivity contribution in [1.29, 1.82) is 0 Å². The van der Waals surface area contributed by atoms with Gasteiger partial charge in [0.15, 0.2) is 0 Å². The van der Waals surface area contributed by atoms with Crippen LogP contribution in [0.25, 0.3) is 0 Å². The lowest BCUT2D eigenvalue weighted by Crippen LogP contribution is -2.13. The molecule has 0 aliphatic heterocycles. The third kappa shape index (κ3) is 10.1. The maximum absolute atomic E-state index is 10.9. The minimum atomic E-state index is -0.375. The molecule has 0 spiro atoms. The van der Waals surface area contributed by atoms with E-state index in [1.165, 1.54) is 0 Å². The Balaban J connectivity index is 3.11. The van der Waals surface area contributed by atoms with Gasteiger partial charge in [0.2, 0.25) is 0 Å². The van der Waals surface area contributed by atoms with E-state index in [9.17, 15) is 4.79 Å². The summed E-state index contributed by atoms with van der Waals surface area (Å²) in [5, 5.41) is 0. The molecule has 88 valence electrons. The molecular formula is C10H17IO4. The summed E-state index contributed by atoms with van der Waals surface area (Å²) in [5.41, 5.74) is 0.403. The number of carbonyl (C=O) groups is 1. The largest absolute Gasteiger partial charge is 0.460 e. The van der Waals surface area contributed by atoms with E-state index in [1.807, 2.05) is 0 Å². The van der Waals surface area contributed by atoms with Crippen LogP contribution < -0.4 is 0 Å². The topological polar surface area (TPSA) is 44.8 Å². The van der Waals surface area contributed by atoms with Gasteiger partial charge in [-0.2, -0.15) is 0 Å². The summed E-state index contributed by atoms with van der Waals surface area (Å²) in [4.78, 5) is 10.9. The van der Waals surface area contributed by atoms with Crippen molar-refractivity contribution < 1.29 is 19.0 Å². The Labute approximate surface area is 104 Å². The van der Waals surface area contributed by atoms with Crippen LogP contribution in [0.2, 0.25) is 0 Å². The van der Waals surface area contributed by atoms with Gasteiger partial charge in [-0.15, -0.1) is 0 Å². The Kier molecular flexibility index (Phi) is 10.3. The second-order valence-corrected chi connectivity index (χ2v) is 3.91. The lowest BCUT2D eigenvalue weighted by atomic mass is 10.4. The first-order valence-corrected chi connectivity index (χ1v) is 6.25. The minimum Gasteiger partial charge on any atom is -0.460 e. The van der Waals surface area contributed by atoms with E-state index in [0.29, 0.717) is 25.4 Å². The summed E-state index contributed by atoms with van der Waals surface area (Å²) in [6, 6.07) is 0. The summed E-state index contributed by atoms with van der Waals surface area (Å²) in [6.07, 6.45) is 0. The molecule has 0 saturated heterocycles. The molecule has 15 heavy (non-hydrogen) atoms. The third-order valence-corrected chi connectivity index (χ3v) is 1.84. The molecule has 0 heterocycles. The second-order valence-electron chi connectivity index (χ2n) is 2.83. The molecule has 0 rings (SSSR count). The van der Waals surface area contributed by atoms with E-state index in [1.54, 1.807) is 6.92 Å². The van der Waals surface area contributed by atoms with Crippen molar-refractivity contribution in [3.8, 4) is 0 Å². The van der Waals surface area contributed by atoms with Crippen molar-refractivity contribution in [3.63, 3.8) is 0 Å². The van der Waals surface area contributed by atoms with E-state index < -0.39 is 0 Å². The summed E-state index contributed by atoms with van der Waals surface area (Å²) in [5.74, 6) is -0.375. The van der Waals surface area contributed by atoms with Gasteiger partial charge in [0, 0.05) is 10.0 Å². The molecule has 0 aromatic carbocycles. The molecule has 0 unspecified atom stereocenters. The Morgan fingerprint density at radius 3 is 2.20 bits per heavy atom. The lowest BCUT2D eigenvalue weighted by molar-refractivity contribution is -0.140. The molecule has 0 aliphatic rings. The Hall–Kier alpha value is -0.140. The zero-order valence-electron chi connectivity index (χ0n) is 8.96. The quantitative estimate of drug-likeness (QED) is 0.212. The van der Waals surface area contributed by atoms with Crippen LogP contribution >= 0.6 is 22.6 Å². The highest BCUT2D eigenvalue weighted by Crippen LogP contribution is 1.91. The van der Waals surface area contributed by atoms with Crippen LogP contribution in [0.15, 0.2) is 12.2 Å². The van der Waals surface area contributed by atoms with Gasteiger partial charge in [-0.3, -0.25) is 0 Å². The average Bonchev–Trinajstić information content (AvgIpc) is 2.21. The van der Waals surface area contributed by atoms with Gasteiger partial charge >= 0.3 is 5.97 Å². The second kappa shape index (κ2) is 10.4. The van der Waals surface area contributed by atoms with Crippen LogP contribution in [0.1, 0.15) is 6.92 Å². The van der Waals surface area contributed by atoms with Crippen molar-refractivity contribution in [2.45, 2.75) is 6.92 Å². The van der Waals surface area contributed by atoms with Crippen LogP contribution in [0.4, 0.5) is 0 Å². The zero-order chi connectivity index (χ0) is 11.5. The third-order valence-electron chi connectivity index (χ3n) is 1.40. The summed E-state index contributed by atoms with van der Waals surface area (Å²) >= 11 is 2.24. The number of rotatable bonds is 9. The van der Waals surface area contributed by atoms with Crippen LogP contribution in [0, 0.1) is 0 Å². The predicted octanol–water partition coefficient (Wildman–Crippen LogP) is 1.57. The fourth-order valence-corrected chi connectivity index (χ4v) is 1.00. The molecular weight excluding hydrogens is 311 g/mol. The molecule has 0 N–H and O–H groups in total. The summed E-state index contributed by atoms with van der Waals surface area (Å²) in [6.45, 7) is 7.59. The van der Waals surface area contributed by atoms with Gasteiger partial charge in [-0.1, -0.05) is 29.2 Å². The van der Waals surface area contributed by atoms with Crippen molar-refractivity contribution in [3.05, 3.63) is 12.2 Å². The minimum absolute atomic E-state index is 0.262. The van der Waals surface area contributed by atoms with E-state index in [2.05, 4.69) is 29.2 Å². The van der Waals surface area contributed by atoms with Gasteiger partial charge in [0.25, 0.3) is 0 Å². The summed E-state index contributed by atoms with van der Waals surface area (Å²) < 4.78 is 16.2. The highest BCUT2D eigenvalue weighted by atomic mass is 127. The Morgan fingerprint density at radius 1 is 1.13 bits per heavy atom. The van der Waals surface area contributed by atoms with Crippen molar-refractivity contribution in [2.75, 3.05) is 37.5 Å². The standard InChI is InChI=1S/C10H17IO4/c1-9(2)10(12)15-8-7-14-6-5-13-4-3-11/h1,3-8H2,2H3. The Bertz CT molecular complexity index is 194. The van der Waals surface area contributed by atoms with Gasteiger partial charge in [0.05, 0.1) is 26.4 Å². The predicted molar refractivity (Wildman–Crippen MR) is 66.3 cm³/mol. The molecule has 0 aliphatic carbocycles. The van der Waals surface area contributed by atoms with Crippen LogP contribution in [-0.2, 0) is 19.0 Å². The zero-order valence-corrected chi connectivity index (χ0v) is 11.1. The van der Waals surface area contributed by atoms with Crippen LogP contribution in [0.3, 0.4) is 0 Å². The number of hydrogen-bond donors (Lipinski definition) is 0. The van der Waals surface area contributed by atoms with Gasteiger partial charge < -0.3 is 14.2 Å². The first-order valence-electron chi connectivity index (χ1n) is 4.72.